The Hall–Kier alpha value is -3.35. The Labute approximate surface area is 137 Å². The first kappa shape index (κ1) is 17.0. The van der Waals surface area contributed by atoms with Crippen molar-refractivity contribution in [2.24, 2.45) is 0 Å². The molecule has 0 saturated carbocycles. The van der Waals surface area contributed by atoms with Crippen LogP contribution in [0.5, 0.6) is 11.5 Å². The second-order valence-corrected chi connectivity index (χ2v) is 4.80. The predicted octanol–water partition coefficient (Wildman–Crippen LogP) is 3.07. The molecule has 0 aliphatic heterocycles. The Morgan fingerprint density at radius 2 is 1.96 bits per heavy atom. The lowest BCUT2D eigenvalue weighted by atomic mass is 10.2. The minimum atomic E-state index is -0.555. The monoisotopic (exact) mass is 329 g/mol. The van der Waals surface area contributed by atoms with Crippen LogP contribution in [0.3, 0.4) is 0 Å². The van der Waals surface area contributed by atoms with Crippen molar-refractivity contribution in [3.8, 4) is 11.5 Å². The summed E-state index contributed by atoms with van der Waals surface area (Å²) >= 11 is 0. The first-order valence-corrected chi connectivity index (χ1v) is 6.95. The topological polar surface area (TPSA) is 98.9 Å². The van der Waals surface area contributed by atoms with E-state index >= 15 is 0 Å². The molecule has 0 unspecified atom stereocenters. The zero-order valence-corrected chi connectivity index (χ0v) is 12.8. The van der Waals surface area contributed by atoms with Gasteiger partial charge in [-0.1, -0.05) is 6.07 Å². The Morgan fingerprint density at radius 3 is 2.58 bits per heavy atom. The van der Waals surface area contributed by atoms with Crippen LogP contribution in [0.1, 0.15) is 11.1 Å². The number of nitro groups is 1. The lowest BCUT2D eigenvalue weighted by Gasteiger charge is -2.04. The Morgan fingerprint density at radius 1 is 1.25 bits per heavy atom. The van der Waals surface area contributed by atoms with Crippen molar-refractivity contribution >= 4 is 17.7 Å². The molecule has 0 heterocycles. The average molecular weight is 329 g/mol. The number of phenolic OH excluding ortho intramolecular Hbond substituents is 1. The maximum Gasteiger partial charge on any atom is 0.331 e. The minimum Gasteiger partial charge on any atom is -0.504 e. The van der Waals surface area contributed by atoms with Crippen LogP contribution in [-0.4, -0.2) is 23.1 Å². The van der Waals surface area contributed by atoms with Crippen molar-refractivity contribution in [3.05, 3.63) is 69.8 Å². The zero-order chi connectivity index (χ0) is 17.5. The molecule has 1 N–H and O–H groups in total. The van der Waals surface area contributed by atoms with E-state index in [4.69, 9.17) is 9.47 Å². The summed E-state index contributed by atoms with van der Waals surface area (Å²) in [7, 11) is 1.43. The lowest BCUT2D eigenvalue weighted by Crippen LogP contribution is -2.00. The van der Waals surface area contributed by atoms with Crippen LogP contribution in [0.4, 0.5) is 5.69 Å². The van der Waals surface area contributed by atoms with E-state index in [0.29, 0.717) is 16.9 Å². The van der Waals surface area contributed by atoms with Crippen LogP contribution in [-0.2, 0) is 16.1 Å². The maximum absolute atomic E-state index is 11.7. The molecule has 0 bridgehead atoms. The molecule has 2 aromatic rings. The van der Waals surface area contributed by atoms with Gasteiger partial charge in [0.05, 0.1) is 12.0 Å². The van der Waals surface area contributed by atoms with Crippen molar-refractivity contribution in [2.45, 2.75) is 6.61 Å². The van der Waals surface area contributed by atoms with E-state index in [1.165, 1.54) is 49.6 Å². The molecule has 0 aromatic heterocycles. The number of nitro benzene ring substituents is 1. The second kappa shape index (κ2) is 7.77. The number of rotatable bonds is 6. The molecular formula is C17H15NO6. The van der Waals surface area contributed by atoms with E-state index in [2.05, 4.69) is 0 Å². The summed E-state index contributed by atoms with van der Waals surface area (Å²) in [6, 6.07) is 10.4. The quantitative estimate of drug-likeness (QED) is 0.378. The first-order chi connectivity index (χ1) is 11.5. The normalized spacial score (nSPS) is 10.5. The van der Waals surface area contributed by atoms with E-state index in [1.807, 2.05) is 0 Å². The molecule has 124 valence electrons. The van der Waals surface area contributed by atoms with Gasteiger partial charge in [-0.15, -0.1) is 0 Å². The Kier molecular flexibility index (Phi) is 5.51. The number of methoxy groups -OCH3 is 1. The molecule has 0 atom stereocenters. The fraction of sp³-hybridized carbons (Fsp3) is 0.118. The number of phenols is 1. The third-order valence-corrected chi connectivity index (χ3v) is 3.14. The van der Waals surface area contributed by atoms with Crippen LogP contribution >= 0.6 is 0 Å². The van der Waals surface area contributed by atoms with Gasteiger partial charge >= 0.3 is 5.97 Å². The van der Waals surface area contributed by atoms with Crippen LogP contribution < -0.4 is 4.74 Å². The van der Waals surface area contributed by atoms with E-state index in [0.717, 1.165) is 0 Å². The van der Waals surface area contributed by atoms with Crippen LogP contribution in [0.2, 0.25) is 0 Å². The predicted molar refractivity (Wildman–Crippen MR) is 86.6 cm³/mol. The molecule has 0 radical (unpaired) electrons. The number of hydrogen-bond donors (Lipinski definition) is 1. The molecule has 2 rings (SSSR count). The van der Waals surface area contributed by atoms with Gasteiger partial charge in [-0.25, -0.2) is 4.79 Å². The summed E-state index contributed by atoms with van der Waals surface area (Å²) in [5.41, 5.74) is 1.29. The highest BCUT2D eigenvalue weighted by molar-refractivity contribution is 5.87. The Bertz CT molecular complexity index is 767. The van der Waals surface area contributed by atoms with Crippen LogP contribution in [0, 0.1) is 10.1 Å². The van der Waals surface area contributed by atoms with Gasteiger partial charge in [0.1, 0.15) is 6.61 Å². The molecule has 0 saturated heterocycles. The van der Waals surface area contributed by atoms with E-state index in [1.54, 1.807) is 12.1 Å². The average Bonchev–Trinajstić information content (AvgIpc) is 2.59. The molecule has 7 nitrogen and oxygen atoms in total. The number of ether oxygens (including phenoxy) is 2. The van der Waals surface area contributed by atoms with Gasteiger partial charge in [0.2, 0.25) is 0 Å². The van der Waals surface area contributed by atoms with Gasteiger partial charge in [0, 0.05) is 18.2 Å². The number of esters is 1. The lowest BCUT2D eigenvalue weighted by molar-refractivity contribution is -0.384. The van der Waals surface area contributed by atoms with E-state index in [-0.39, 0.29) is 18.0 Å². The molecule has 24 heavy (non-hydrogen) atoms. The van der Waals surface area contributed by atoms with Gasteiger partial charge in [-0.3, -0.25) is 10.1 Å². The molecule has 0 spiro atoms. The van der Waals surface area contributed by atoms with Crippen molar-refractivity contribution in [3.63, 3.8) is 0 Å². The van der Waals surface area contributed by atoms with Crippen LogP contribution in [0.15, 0.2) is 48.5 Å². The van der Waals surface area contributed by atoms with E-state index < -0.39 is 10.9 Å². The first-order valence-electron chi connectivity index (χ1n) is 6.95. The number of carbonyl (C=O) groups excluding carboxylic acids is 1. The van der Waals surface area contributed by atoms with Crippen molar-refractivity contribution < 1.29 is 24.3 Å². The number of non-ortho nitro benzene ring substituents is 1. The fourth-order valence-corrected chi connectivity index (χ4v) is 1.88. The maximum atomic E-state index is 11.7. The standard InChI is InChI=1S/C17H15NO6/c1-23-16-10-12(4-8-15(16)19)5-9-17(20)24-11-13-2-6-14(7-3-13)18(21)22/h2-10,19H,11H2,1H3/b9-5+. The van der Waals surface area contributed by atoms with Crippen molar-refractivity contribution in [1.29, 1.82) is 0 Å². The summed E-state index contributed by atoms with van der Waals surface area (Å²) in [5, 5.41) is 20.0. The molecule has 0 fully saturated rings. The Balaban J connectivity index is 1.92. The van der Waals surface area contributed by atoms with Crippen molar-refractivity contribution in [2.75, 3.05) is 7.11 Å². The third kappa shape index (κ3) is 4.57. The third-order valence-electron chi connectivity index (χ3n) is 3.14. The molecule has 7 heteroatoms. The van der Waals surface area contributed by atoms with Crippen LogP contribution in [0.25, 0.3) is 6.08 Å². The summed E-state index contributed by atoms with van der Waals surface area (Å²) in [6.45, 7) is 0.0140. The van der Waals surface area contributed by atoms with Gasteiger partial charge in [-0.05, 0) is 41.5 Å². The highest BCUT2D eigenvalue weighted by Crippen LogP contribution is 2.26. The largest absolute Gasteiger partial charge is 0.504 e. The number of nitrogens with zero attached hydrogens (tertiary/aromatic N) is 1. The second-order valence-electron chi connectivity index (χ2n) is 4.80. The fourth-order valence-electron chi connectivity index (χ4n) is 1.88. The zero-order valence-electron chi connectivity index (χ0n) is 12.8. The molecular weight excluding hydrogens is 314 g/mol. The molecule has 2 aromatic carbocycles. The molecule has 0 aliphatic carbocycles. The molecule has 0 aliphatic rings. The number of aromatic hydroxyl groups is 1. The number of hydrogen-bond acceptors (Lipinski definition) is 6. The highest BCUT2D eigenvalue weighted by Gasteiger charge is 2.05. The summed E-state index contributed by atoms with van der Waals surface area (Å²) in [4.78, 5) is 21.7. The summed E-state index contributed by atoms with van der Waals surface area (Å²) < 4.78 is 10.0. The summed E-state index contributed by atoms with van der Waals surface area (Å²) in [5.74, 6) is -0.243. The van der Waals surface area contributed by atoms with E-state index in [9.17, 15) is 20.0 Å². The summed E-state index contributed by atoms with van der Waals surface area (Å²) in [6.07, 6.45) is 2.78. The van der Waals surface area contributed by atoms with Crippen molar-refractivity contribution in [1.82, 2.24) is 0 Å². The van der Waals surface area contributed by atoms with Gasteiger partial charge < -0.3 is 14.6 Å². The van der Waals surface area contributed by atoms with Gasteiger partial charge in [-0.2, -0.15) is 0 Å². The number of carbonyl (C=O) groups is 1. The van der Waals surface area contributed by atoms with Gasteiger partial charge in [0.25, 0.3) is 5.69 Å². The minimum absolute atomic E-state index is 0.00963. The SMILES string of the molecule is COc1cc(/C=C/C(=O)OCc2ccc([N+](=O)[O-])cc2)ccc1O. The van der Waals surface area contributed by atoms with Gasteiger partial charge in [0.15, 0.2) is 11.5 Å². The highest BCUT2D eigenvalue weighted by atomic mass is 16.6. The smallest absolute Gasteiger partial charge is 0.331 e. The molecule has 0 amide bonds. The number of benzene rings is 2.